The quantitative estimate of drug-likeness (QED) is 0.356. The first-order valence-electron chi connectivity index (χ1n) is 11.1. The number of carbonyl (C=O) groups is 1. The van der Waals surface area contributed by atoms with Crippen LogP contribution in [0.4, 0.5) is 27.8 Å². The van der Waals surface area contributed by atoms with Crippen LogP contribution in [0.1, 0.15) is 24.7 Å². The standard InChI is InChI=1S/C23H26F5N7O2/c1-13-6-22(24,25)12-35(17(13)9-33-19-11-32-18(10-34-19)23(26,27)28)21(36)20(29)15(8-30-2)16-5-4-14(37-3)7-31-16/h4-5,7-8,10-11,13,17,29-30H,6,9,12H2,1-3H3,(H,33,34)/b15-8-,29-20?/t13?,17-/m1/s1. The van der Waals surface area contributed by atoms with E-state index in [0.29, 0.717) is 11.9 Å². The molecular weight excluding hydrogens is 501 g/mol. The fourth-order valence-corrected chi connectivity index (χ4v) is 3.99. The molecular formula is C23H26F5N7O2. The van der Waals surface area contributed by atoms with Crippen molar-refractivity contribution < 1.29 is 31.5 Å². The number of nitrogens with one attached hydrogen (secondary N) is 3. The van der Waals surface area contributed by atoms with Crippen LogP contribution in [0.5, 0.6) is 5.75 Å². The van der Waals surface area contributed by atoms with Crippen molar-refractivity contribution >= 4 is 23.0 Å². The second-order valence-corrected chi connectivity index (χ2v) is 8.51. The molecule has 3 rings (SSSR count). The molecule has 0 aliphatic carbocycles. The molecule has 1 fully saturated rings. The van der Waals surface area contributed by atoms with Gasteiger partial charge < -0.3 is 20.3 Å². The van der Waals surface area contributed by atoms with Crippen molar-refractivity contribution in [3.05, 3.63) is 48.3 Å². The Morgan fingerprint density at radius 1 is 1.24 bits per heavy atom. The fraction of sp³-hybridized carbons (Fsp3) is 0.435. The van der Waals surface area contributed by atoms with Gasteiger partial charge in [0.15, 0.2) is 5.69 Å². The van der Waals surface area contributed by atoms with Crippen molar-refractivity contribution in [2.45, 2.75) is 31.5 Å². The summed E-state index contributed by atoms with van der Waals surface area (Å²) in [5.74, 6) is -4.40. The second-order valence-electron chi connectivity index (χ2n) is 8.51. The zero-order chi connectivity index (χ0) is 27.4. The number of anilines is 1. The van der Waals surface area contributed by atoms with Gasteiger partial charge in [0, 0.05) is 31.8 Å². The van der Waals surface area contributed by atoms with Crippen LogP contribution in [0.3, 0.4) is 0 Å². The summed E-state index contributed by atoms with van der Waals surface area (Å²) < 4.78 is 72.3. The Bertz CT molecular complexity index is 1140. The number of pyridine rings is 1. The van der Waals surface area contributed by atoms with Crippen LogP contribution in [-0.4, -0.2) is 70.7 Å². The molecule has 0 spiro atoms. The normalized spacial score (nSPS) is 19.8. The fourth-order valence-electron chi connectivity index (χ4n) is 3.99. The Hall–Kier alpha value is -3.84. The number of likely N-dealkylation sites (tertiary alicyclic amines) is 1. The molecule has 0 bridgehead atoms. The van der Waals surface area contributed by atoms with Crippen molar-refractivity contribution in [1.29, 1.82) is 5.41 Å². The molecule has 1 amide bonds. The minimum absolute atomic E-state index is 0.0155. The molecule has 9 nitrogen and oxygen atoms in total. The lowest BCUT2D eigenvalue weighted by molar-refractivity contribution is -0.145. The predicted molar refractivity (Wildman–Crippen MR) is 125 cm³/mol. The zero-order valence-electron chi connectivity index (χ0n) is 20.2. The van der Waals surface area contributed by atoms with Crippen LogP contribution >= 0.6 is 0 Å². The maximum atomic E-state index is 14.5. The number of rotatable bonds is 8. The van der Waals surface area contributed by atoms with Gasteiger partial charge in [0.2, 0.25) is 0 Å². The van der Waals surface area contributed by atoms with Crippen LogP contribution in [0, 0.1) is 11.3 Å². The van der Waals surface area contributed by atoms with Crippen molar-refractivity contribution in [2.24, 2.45) is 5.92 Å². The molecule has 2 aromatic heterocycles. The highest BCUT2D eigenvalue weighted by Gasteiger charge is 2.47. The Balaban J connectivity index is 1.84. The van der Waals surface area contributed by atoms with E-state index in [4.69, 9.17) is 10.1 Å². The molecule has 1 unspecified atom stereocenters. The van der Waals surface area contributed by atoms with Crippen molar-refractivity contribution in [1.82, 2.24) is 25.2 Å². The highest BCUT2D eigenvalue weighted by Crippen LogP contribution is 2.35. The van der Waals surface area contributed by atoms with Crippen LogP contribution in [0.2, 0.25) is 0 Å². The molecule has 1 aliphatic rings. The Labute approximate surface area is 209 Å². The monoisotopic (exact) mass is 527 g/mol. The first-order valence-corrected chi connectivity index (χ1v) is 11.1. The number of halogens is 5. The predicted octanol–water partition coefficient (Wildman–Crippen LogP) is 3.46. The molecule has 14 heteroatoms. The van der Waals surface area contributed by atoms with Crippen LogP contribution < -0.4 is 15.4 Å². The SMILES string of the molecule is CN/C=C(\C(=N)C(=O)N1CC(F)(F)CC(C)[C@H]1CNc1cnc(C(F)(F)F)cn1)c1ccc(OC)cn1. The Morgan fingerprint density at radius 2 is 1.97 bits per heavy atom. The average molecular weight is 527 g/mol. The molecule has 37 heavy (non-hydrogen) atoms. The number of hydrogen-bond acceptors (Lipinski definition) is 8. The van der Waals surface area contributed by atoms with Crippen LogP contribution in [0.25, 0.3) is 5.57 Å². The summed E-state index contributed by atoms with van der Waals surface area (Å²) in [6.07, 6.45) is -0.972. The van der Waals surface area contributed by atoms with Crippen LogP contribution in [0.15, 0.2) is 36.9 Å². The van der Waals surface area contributed by atoms with E-state index in [1.807, 2.05) is 0 Å². The first-order chi connectivity index (χ1) is 17.4. The number of ether oxygens (including phenoxy) is 1. The molecule has 0 aromatic carbocycles. The highest BCUT2D eigenvalue weighted by molar-refractivity contribution is 6.54. The van der Waals surface area contributed by atoms with Gasteiger partial charge in [-0.25, -0.2) is 18.7 Å². The number of aromatic nitrogens is 3. The maximum Gasteiger partial charge on any atom is 0.434 e. The molecule has 0 radical (unpaired) electrons. The van der Waals surface area contributed by atoms with Gasteiger partial charge in [0.1, 0.15) is 17.3 Å². The third kappa shape index (κ3) is 6.68. The van der Waals surface area contributed by atoms with Crippen molar-refractivity contribution in [3.8, 4) is 5.75 Å². The number of nitrogens with zero attached hydrogens (tertiary/aromatic N) is 4. The number of alkyl halides is 5. The lowest BCUT2D eigenvalue weighted by atomic mass is 9.87. The van der Waals surface area contributed by atoms with Gasteiger partial charge in [0.05, 0.1) is 44.0 Å². The average Bonchev–Trinajstić information content (AvgIpc) is 2.85. The lowest BCUT2D eigenvalue weighted by Gasteiger charge is -2.43. The molecule has 200 valence electrons. The van der Waals surface area contributed by atoms with E-state index in [9.17, 15) is 26.7 Å². The summed E-state index contributed by atoms with van der Waals surface area (Å²) in [6.45, 7) is 0.520. The summed E-state index contributed by atoms with van der Waals surface area (Å²) in [5, 5.41) is 14.0. The first kappa shape index (κ1) is 27.7. The van der Waals surface area contributed by atoms with E-state index in [2.05, 4.69) is 25.6 Å². The molecule has 3 heterocycles. The van der Waals surface area contributed by atoms with E-state index in [1.54, 1.807) is 13.1 Å². The lowest BCUT2D eigenvalue weighted by Crippen LogP contribution is -2.58. The minimum Gasteiger partial charge on any atom is -0.495 e. The number of hydrogen-bond donors (Lipinski definition) is 3. The summed E-state index contributed by atoms with van der Waals surface area (Å²) in [4.78, 5) is 25.5. The van der Waals surface area contributed by atoms with E-state index in [-0.39, 0.29) is 23.6 Å². The second kappa shape index (κ2) is 11.0. The van der Waals surface area contributed by atoms with Gasteiger partial charge in [-0.15, -0.1) is 0 Å². The smallest absolute Gasteiger partial charge is 0.434 e. The van der Waals surface area contributed by atoms with Gasteiger partial charge in [-0.2, -0.15) is 13.2 Å². The van der Waals surface area contributed by atoms with E-state index in [1.165, 1.54) is 32.5 Å². The minimum atomic E-state index is -4.66. The number of carbonyl (C=O) groups excluding carboxylic acids is 1. The third-order valence-electron chi connectivity index (χ3n) is 5.79. The maximum absolute atomic E-state index is 14.5. The van der Waals surface area contributed by atoms with Gasteiger partial charge in [-0.05, 0) is 18.1 Å². The zero-order valence-corrected chi connectivity index (χ0v) is 20.2. The summed E-state index contributed by atoms with van der Waals surface area (Å²) in [5.41, 5.74) is -1.40. The summed E-state index contributed by atoms with van der Waals surface area (Å²) in [6, 6.07) is 2.30. The molecule has 3 N–H and O–H groups in total. The third-order valence-corrected chi connectivity index (χ3v) is 5.79. The van der Waals surface area contributed by atoms with Crippen LogP contribution in [-0.2, 0) is 11.0 Å². The Morgan fingerprint density at radius 3 is 2.51 bits per heavy atom. The largest absolute Gasteiger partial charge is 0.495 e. The highest BCUT2D eigenvalue weighted by atomic mass is 19.4. The summed E-state index contributed by atoms with van der Waals surface area (Å²) >= 11 is 0. The van der Waals surface area contributed by atoms with Crippen molar-refractivity contribution in [2.75, 3.05) is 32.6 Å². The molecule has 0 saturated carbocycles. The molecule has 2 aromatic rings. The van der Waals surface area contributed by atoms with Gasteiger partial charge in [-0.3, -0.25) is 15.2 Å². The Kier molecular flexibility index (Phi) is 8.28. The number of methoxy groups -OCH3 is 1. The molecule has 2 atom stereocenters. The number of amides is 1. The van der Waals surface area contributed by atoms with E-state index in [0.717, 1.165) is 11.1 Å². The topological polar surface area (TPSA) is 116 Å². The van der Waals surface area contributed by atoms with E-state index >= 15 is 0 Å². The van der Waals surface area contributed by atoms with E-state index < -0.39 is 54.3 Å². The number of piperidine rings is 1. The van der Waals surface area contributed by atoms with Gasteiger partial charge in [0.25, 0.3) is 11.8 Å². The molecule has 1 saturated heterocycles. The summed E-state index contributed by atoms with van der Waals surface area (Å²) in [7, 11) is 3.00. The molecule has 1 aliphatic heterocycles. The van der Waals surface area contributed by atoms with Gasteiger partial charge >= 0.3 is 6.18 Å². The van der Waals surface area contributed by atoms with Crippen molar-refractivity contribution in [3.63, 3.8) is 0 Å². The van der Waals surface area contributed by atoms with Gasteiger partial charge in [-0.1, -0.05) is 6.92 Å².